The molecule has 2 aliphatic heterocycles. The highest BCUT2D eigenvalue weighted by Crippen LogP contribution is 2.36. The number of rotatable bonds is 3. The molecule has 0 aromatic carbocycles. The summed E-state index contributed by atoms with van der Waals surface area (Å²) >= 11 is 0. The van der Waals surface area contributed by atoms with Gasteiger partial charge >= 0.3 is 0 Å². The molecule has 23 heavy (non-hydrogen) atoms. The molecule has 5 heteroatoms. The van der Waals surface area contributed by atoms with Gasteiger partial charge in [-0.15, -0.1) is 0 Å². The van der Waals surface area contributed by atoms with E-state index in [1.807, 2.05) is 7.05 Å². The second kappa shape index (κ2) is 7.37. The Bertz CT molecular complexity index is 499. The Hall–Kier alpha value is -1.52. The molecule has 5 nitrogen and oxygen atoms in total. The predicted octanol–water partition coefficient (Wildman–Crippen LogP) is 2.05. The van der Waals surface area contributed by atoms with Crippen LogP contribution in [0.1, 0.15) is 51.4 Å². The summed E-state index contributed by atoms with van der Waals surface area (Å²) in [5.41, 5.74) is 1.72. The summed E-state index contributed by atoms with van der Waals surface area (Å²) < 4.78 is 0. The van der Waals surface area contributed by atoms with Gasteiger partial charge < -0.3 is 15.5 Å². The third-order valence-corrected chi connectivity index (χ3v) is 5.48. The van der Waals surface area contributed by atoms with Gasteiger partial charge in [0.05, 0.1) is 0 Å². The van der Waals surface area contributed by atoms with Crippen molar-refractivity contribution in [3.8, 4) is 0 Å². The number of amides is 1. The molecular formula is C18H30N4O. The van der Waals surface area contributed by atoms with Crippen LogP contribution in [0.2, 0.25) is 0 Å². The lowest BCUT2D eigenvalue weighted by Gasteiger charge is -2.40. The number of hydrogen-bond acceptors (Lipinski definition) is 2. The summed E-state index contributed by atoms with van der Waals surface area (Å²) in [6.07, 6.45) is 11.7. The maximum atomic E-state index is 11.6. The first-order valence-corrected chi connectivity index (χ1v) is 9.11. The molecule has 1 spiro atoms. The molecule has 3 aliphatic rings. The molecule has 2 fully saturated rings. The smallest absolute Gasteiger partial charge is 0.220 e. The van der Waals surface area contributed by atoms with E-state index in [9.17, 15) is 4.79 Å². The maximum absolute atomic E-state index is 11.6. The molecule has 1 atom stereocenters. The second-order valence-corrected chi connectivity index (χ2v) is 7.31. The van der Waals surface area contributed by atoms with Crippen molar-refractivity contribution in [1.82, 2.24) is 15.5 Å². The molecule has 128 valence electrons. The van der Waals surface area contributed by atoms with Crippen LogP contribution in [0, 0.1) is 5.41 Å². The quantitative estimate of drug-likeness (QED) is 0.476. The number of carbonyl (C=O) groups excluding carboxylic acids is 1. The molecule has 0 radical (unpaired) electrons. The SMILES string of the molecule is CN=C(NCCC1=CCCCC1)N1CCCC2(CNC(=O)C2)C1. The van der Waals surface area contributed by atoms with E-state index >= 15 is 0 Å². The Labute approximate surface area is 139 Å². The molecule has 0 aromatic rings. The summed E-state index contributed by atoms with van der Waals surface area (Å²) in [4.78, 5) is 18.4. The normalized spacial score (nSPS) is 28.7. The first-order valence-electron chi connectivity index (χ1n) is 9.11. The number of guanidine groups is 1. The molecule has 2 saturated heterocycles. The first-order chi connectivity index (χ1) is 11.2. The van der Waals surface area contributed by atoms with Crippen LogP contribution in [0.3, 0.4) is 0 Å². The lowest BCUT2D eigenvalue weighted by Crippen LogP contribution is -2.51. The Morgan fingerprint density at radius 3 is 3.04 bits per heavy atom. The average molecular weight is 318 g/mol. The molecule has 0 saturated carbocycles. The van der Waals surface area contributed by atoms with Crippen LogP contribution in [-0.4, -0.2) is 50.0 Å². The van der Waals surface area contributed by atoms with Gasteiger partial charge in [0.15, 0.2) is 5.96 Å². The number of hydrogen-bond donors (Lipinski definition) is 2. The monoisotopic (exact) mass is 318 g/mol. The van der Waals surface area contributed by atoms with Crippen LogP contribution in [-0.2, 0) is 4.79 Å². The molecule has 2 N–H and O–H groups in total. The van der Waals surface area contributed by atoms with E-state index in [0.29, 0.717) is 6.42 Å². The van der Waals surface area contributed by atoms with Gasteiger partial charge in [-0.1, -0.05) is 11.6 Å². The summed E-state index contributed by atoms with van der Waals surface area (Å²) in [7, 11) is 1.86. The largest absolute Gasteiger partial charge is 0.356 e. The predicted molar refractivity (Wildman–Crippen MR) is 93.4 cm³/mol. The van der Waals surface area contributed by atoms with E-state index in [-0.39, 0.29) is 11.3 Å². The summed E-state index contributed by atoms with van der Waals surface area (Å²) in [6, 6.07) is 0. The number of allylic oxidation sites excluding steroid dienone is 1. The zero-order chi connectivity index (χ0) is 16.1. The number of carbonyl (C=O) groups is 1. The van der Waals surface area contributed by atoms with Gasteiger partial charge in [-0.2, -0.15) is 0 Å². The Kier molecular flexibility index (Phi) is 5.23. The fourth-order valence-corrected chi connectivity index (χ4v) is 4.23. The van der Waals surface area contributed by atoms with E-state index in [1.165, 1.54) is 25.7 Å². The Morgan fingerprint density at radius 2 is 2.35 bits per heavy atom. The fraction of sp³-hybridized carbons (Fsp3) is 0.778. The number of aliphatic imine (C=N–C) groups is 1. The highest BCUT2D eigenvalue weighted by Gasteiger charge is 2.42. The maximum Gasteiger partial charge on any atom is 0.220 e. The standard InChI is InChI=1S/C18H30N4O/c1-19-17(20-10-8-15-6-3-2-4-7-15)22-11-5-9-18(14-22)12-16(23)21-13-18/h6H,2-5,7-14H2,1H3,(H,19,20)(H,21,23). The van der Waals surface area contributed by atoms with Crippen molar-refractivity contribution in [1.29, 1.82) is 0 Å². The summed E-state index contributed by atoms with van der Waals surface area (Å²) in [5.74, 6) is 1.21. The minimum atomic E-state index is 0.124. The minimum Gasteiger partial charge on any atom is -0.356 e. The molecule has 1 unspecified atom stereocenters. The zero-order valence-corrected chi connectivity index (χ0v) is 14.4. The van der Waals surface area contributed by atoms with Crippen molar-refractivity contribution in [2.75, 3.05) is 33.2 Å². The average Bonchev–Trinajstić information content (AvgIpc) is 2.92. The number of piperidine rings is 1. The Morgan fingerprint density at radius 1 is 1.43 bits per heavy atom. The minimum absolute atomic E-state index is 0.124. The number of nitrogens with zero attached hydrogens (tertiary/aromatic N) is 2. The van der Waals surface area contributed by atoms with Gasteiger partial charge in [0.1, 0.15) is 0 Å². The van der Waals surface area contributed by atoms with Gasteiger partial charge in [-0.3, -0.25) is 9.79 Å². The molecule has 0 aromatic heterocycles. The molecular weight excluding hydrogens is 288 g/mol. The van der Waals surface area contributed by atoms with Gasteiger partial charge in [-0.05, 0) is 44.9 Å². The van der Waals surface area contributed by atoms with Crippen molar-refractivity contribution in [3.63, 3.8) is 0 Å². The first kappa shape index (κ1) is 16.3. The Balaban J connectivity index is 1.51. The highest BCUT2D eigenvalue weighted by molar-refractivity contribution is 5.81. The lowest BCUT2D eigenvalue weighted by atomic mass is 9.79. The van der Waals surface area contributed by atoms with Crippen LogP contribution in [0.15, 0.2) is 16.6 Å². The van der Waals surface area contributed by atoms with Gasteiger partial charge in [0.2, 0.25) is 5.91 Å². The number of nitrogens with one attached hydrogen (secondary N) is 2. The van der Waals surface area contributed by atoms with Crippen LogP contribution in [0.4, 0.5) is 0 Å². The van der Waals surface area contributed by atoms with Gasteiger partial charge in [-0.25, -0.2) is 0 Å². The van der Waals surface area contributed by atoms with Crippen molar-refractivity contribution in [2.45, 2.75) is 51.4 Å². The molecule has 1 amide bonds. The molecule has 0 bridgehead atoms. The van der Waals surface area contributed by atoms with E-state index < -0.39 is 0 Å². The van der Waals surface area contributed by atoms with Gasteiger partial charge in [0, 0.05) is 45.1 Å². The fourth-order valence-electron chi connectivity index (χ4n) is 4.23. The van der Waals surface area contributed by atoms with Gasteiger partial charge in [0.25, 0.3) is 0 Å². The van der Waals surface area contributed by atoms with E-state index in [4.69, 9.17) is 0 Å². The van der Waals surface area contributed by atoms with Crippen molar-refractivity contribution >= 4 is 11.9 Å². The van der Waals surface area contributed by atoms with Crippen molar-refractivity contribution < 1.29 is 4.79 Å². The lowest BCUT2D eigenvalue weighted by molar-refractivity contribution is -0.119. The third-order valence-electron chi connectivity index (χ3n) is 5.48. The van der Waals surface area contributed by atoms with Crippen LogP contribution >= 0.6 is 0 Å². The zero-order valence-electron chi connectivity index (χ0n) is 14.4. The molecule has 3 rings (SSSR count). The van der Waals surface area contributed by atoms with E-state index in [2.05, 4.69) is 26.6 Å². The third kappa shape index (κ3) is 4.06. The van der Waals surface area contributed by atoms with Crippen molar-refractivity contribution in [2.24, 2.45) is 10.4 Å². The molecule has 1 aliphatic carbocycles. The van der Waals surface area contributed by atoms with Crippen LogP contribution in [0.25, 0.3) is 0 Å². The number of likely N-dealkylation sites (tertiary alicyclic amines) is 1. The second-order valence-electron chi connectivity index (χ2n) is 7.31. The van der Waals surface area contributed by atoms with Crippen LogP contribution in [0.5, 0.6) is 0 Å². The summed E-state index contributed by atoms with van der Waals surface area (Å²) in [5, 5.41) is 6.54. The molecule has 2 heterocycles. The highest BCUT2D eigenvalue weighted by atomic mass is 16.1. The van der Waals surface area contributed by atoms with E-state index in [1.54, 1.807) is 5.57 Å². The summed E-state index contributed by atoms with van der Waals surface area (Å²) in [6.45, 7) is 3.76. The van der Waals surface area contributed by atoms with Crippen LogP contribution < -0.4 is 10.6 Å². The van der Waals surface area contributed by atoms with E-state index in [0.717, 1.165) is 51.4 Å². The van der Waals surface area contributed by atoms with Crippen molar-refractivity contribution in [3.05, 3.63) is 11.6 Å². The topological polar surface area (TPSA) is 56.7 Å².